The van der Waals surface area contributed by atoms with E-state index in [4.69, 9.17) is 5.41 Å². The Bertz CT molecular complexity index is 141. The van der Waals surface area contributed by atoms with Crippen molar-refractivity contribution in [1.29, 1.82) is 5.41 Å². The molecule has 4 N–H and O–H groups in total. The summed E-state index contributed by atoms with van der Waals surface area (Å²) in [5, 5.41) is 6.78. The first-order valence-corrected chi connectivity index (χ1v) is 6.34. The molecule has 0 aromatic carbocycles. The van der Waals surface area contributed by atoms with Crippen LogP contribution in [0.5, 0.6) is 0 Å². The molecule has 0 rings (SSSR count). The second-order valence-electron chi connectivity index (χ2n) is 2.28. The van der Waals surface area contributed by atoms with Crippen LogP contribution in [-0.4, -0.2) is 23.6 Å². The summed E-state index contributed by atoms with van der Waals surface area (Å²) in [5.41, 5.74) is 3.29. The monoisotopic (exact) mass is 207 g/mol. The summed E-state index contributed by atoms with van der Waals surface area (Å²) in [6, 6.07) is 0. The fourth-order valence-electron chi connectivity index (χ4n) is 0.518. The third-order valence-electron chi connectivity index (χ3n) is 1.12. The summed E-state index contributed by atoms with van der Waals surface area (Å²) in [4.78, 5) is 10.4. The highest BCUT2D eigenvalue weighted by atomic mass is 33.1. The summed E-state index contributed by atoms with van der Waals surface area (Å²) < 4.78 is 0. The fraction of sp³-hybridized carbons (Fsp3) is 0.714. The molecule has 0 saturated heterocycles. The third-order valence-corrected chi connectivity index (χ3v) is 3.62. The van der Waals surface area contributed by atoms with Crippen LogP contribution in [0.15, 0.2) is 0 Å². The number of amides is 1. The molecule has 0 bridgehead atoms. The molecule has 0 aromatic rings. The van der Waals surface area contributed by atoms with Crippen LogP contribution in [0.4, 0.5) is 0 Å². The number of rotatable bonds is 8. The van der Waals surface area contributed by atoms with Gasteiger partial charge >= 0.3 is 5.91 Å². The van der Waals surface area contributed by atoms with Crippen molar-refractivity contribution in [2.24, 2.45) is 0 Å². The van der Waals surface area contributed by atoms with E-state index in [0.29, 0.717) is 6.42 Å². The molecule has 0 fully saturated rings. The van der Waals surface area contributed by atoms with Gasteiger partial charge in [-0.2, -0.15) is 0 Å². The molecular weight excluding hydrogens is 192 g/mol. The molecular formula is C7H15N2OS2+. The van der Waals surface area contributed by atoms with Crippen molar-refractivity contribution in [2.75, 3.05) is 11.5 Å². The summed E-state index contributed by atoms with van der Waals surface area (Å²) in [5.74, 6) is 1.94. The number of unbranched alkanes of at least 4 members (excludes halogenated alkanes) is 1. The van der Waals surface area contributed by atoms with Crippen LogP contribution in [0.25, 0.3) is 0 Å². The Labute approximate surface area is 80.8 Å². The molecule has 0 aliphatic carbocycles. The predicted octanol–water partition coefficient (Wildman–Crippen LogP) is 0.956. The molecule has 0 radical (unpaired) electrons. The van der Waals surface area contributed by atoms with Gasteiger partial charge < -0.3 is 5.41 Å². The van der Waals surface area contributed by atoms with Gasteiger partial charge in [-0.15, -0.1) is 0 Å². The van der Waals surface area contributed by atoms with Gasteiger partial charge in [0.2, 0.25) is 0 Å². The molecule has 5 heteroatoms. The largest absolute Gasteiger partial charge is 0.313 e. The van der Waals surface area contributed by atoms with Crippen LogP contribution in [0.1, 0.15) is 19.3 Å². The number of hydrogen-bond acceptors (Lipinski definition) is 4. The highest BCUT2D eigenvalue weighted by Crippen LogP contribution is 2.22. The van der Waals surface area contributed by atoms with Crippen LogP contribution in [0, 0.1) is 5.41 Å². The Morgan fingerprint density at radius 3 is 2.67 bits per heavy atom. The Morgan fingerprint density at radius 2 is 2.08 bits per heavy atom. The van der Waals surface area contributed by atoms with Crippen LogP contribution >= 0.6 is 21.6 Å². The lowest BCUT2D eigenvalue weighted by molar-refractivity contribution is -0.305. The number of carbonyl (C=O) groups excluding carboxylic acids is 1. The van der Waals surface area contributed by atoms with Gasteiger partial charge in [-0.25, -0.2) is 4.79 Å². The minimum absolute atomic E-state index is 0.0163. The van der Waals surface area contributed by atoms with Gasteiger partial charge in [0.05, 0.1) is 6.42 Å². The van der Waals surface area contributed by atoms with Crippen molar-refractivity contribution < 1.29 is 10.5 Å². The maximum absolute atomic E-state index is 10.4. The SMILES string of the molecule is N=CCCCSSCCC([NH3+])=O. The van der Waals surface area contributed by atoms with E-state index < -0.39 is 0 Å². The van der Waals surface area contributed by atoms with E-state index in [1.54, 1.807) is 21.6 Å². The lowest BCUT2D eigenvalue weighted by Crippen LogP contribution is -2.56. The molecule has 0 heterocycles. The standard InChI is InChI=1S/C7H14N2OS2/c8-4-1-2-5-11-12-6-3-7(9)10/h4,8H,1-3,5-6H2,(H2,9,10)/p+1. The maximum atomic E-state index is 10.4. The van der Waals surface area contributed by atoms with Crippen molar-refractivity contribution in [1.82, 2.24) is 0 Å². The lowest BCUT2D eigenvalue weighted by atomic mass is 10.4. The van der Waals surface area contributed by atoms with Gasteiger partial charge in [-0.3, -0.25) is 5.73 Å². The zero-order valence-electron chi connectivity index (χ0n) is 7.04. The number of nitrogens with one attached hydrogen (secondary N) is 1. The highest BCUT2D eigenvalue weighted by Gasteiger charge is 1.97. The second kappa shape index (κ2) is 9.09. The molecule has 1 amide bonds. The number of quaternary nitrogens is 1. The molecule has 12 heavy (non-hydrogen) atoms. The minimum atomic E-state index is 0.0163. The third kappa shape index (κ3) is 10.0. The Hall–Kier alpha value is -0.0000000000000000833. The average molecular weight is 207 g/mol. The van der Waals surface area contributed by atoms with Gasteiger partial charge in [-0.05, 0) is 19.1 Å². The topological polar surface area (TPSA) is 68.6 Å². The first-order valence-electron chi connectivity index (χ1n) is 3.85. The molecule has 0 atom stereocenters. The van der Waals surface area contributed by atoms with Crippen molar-refractivity contribution in [3.8, 4) is 0 Å². The Kier molecular flexibility index (Phi) is 9.09. The number of carbonyl (C=O) groups is 1. The smallest absolute Gasteiger partial charge is 0.309 e. The van der Waals surface area contributed by atoms with Crippen LogP contribution in [-0.2, 0) is 4.79 Å². The predicted molar refractivity (Wildman–Crippen MR) is 55.4 cm³/mol. The van der Waals surface area contributed by atoms with Gasteiger partial charge in [-0.1, -0.05) is 21.6 Å². The van der Waals surface area contributed by atoms with Crippen LogP contribution < -0.4 is 5.73 Å². The molecule has 0 aliphatic heterocycles. The molecule has 0 aliphatic rings. The van der Waals surface area contributed by atoms with Gasteiger partial charge in [0.1, 0.15) is 0 Å². The zero-order chi connectivity index (χ0) is 9.23. The average Bonchev–Trinajstić information content (AvgIpc) is 2.02. The van der Waals surface area contributed by atoms with Crippen LogP contribution in [0.3, 0.4) is 0 Å². The van der Waals surface area contributed by atoms with E-state index in [0.717, 1.165) is 24.3 Å². The van der Waals surface area contributed by atoms with Crippen molar-refractivity contribution in [3.05, 3.63) is 0 Å². The lowest BCUT2D eigenvalue weighted by Gasteiger charge is -1.96. The van der Waals surface area contributed by atoms with E-state index in [-0.39, 0.29) is 5.91 Å². The minimum Gasteiger partial charge on any atom is -0.313 e. The first-order chi connectivity index (χ1) is 5.77. The van der Waals surface area contributed by atoms with Crippen LogP contribution in [0.2, 0.25) is 0 Å². The molecule has 0 aromatic heterocycles. The first kappa shape index (κ1) is 12.0. The molecule has 0 saturated carbocycles. The van der Waals surface area contributed by atoms with E-state index in [1.165, 1.54) is 6.21 Å². The summed E-state index contributed by atoms with van der Waals surface area (Å²) in [6.07, 6.45) is 3.92. The molecule has 3 nitrogen and oxygen atoms in total. The van der Waals surface area contributed by atoms with E-state index in [9.17, 15) is 4.79 Å². The molecule has 0 unspecified atom stereocenters. The normalized spacial score (nSPS) is 9.75. The highest BCUT2D eigenvalue weighted by molar-refractivity contribution is 8.76. The van der Waals surface area contributed by atoms with Crippen molar-refractivity contribution in [2.45, 2.75) is 19.3 Å². The van der Waals surface area contributed by atoms with Crippen molar-refractivity contribution >= 4 is 33.7 Å². The van der Waals surface area contributed by atoms with Gasteiger partial charge in [0, 0.05) is 11.5 Å². The van der Waals surface area contributed by atoms with E-state index in [2.05, 4.69) is 5.73 Å². The van der Waals surface area contributed by atoms with Gasteiger partial charge in [0.15, 0.2) is 0 Å². The molecule has 0 spiro atoms. The van der Waals surface area contributed by atoms with Crippen molar-refractivity contribution in [3.63, 3.8) is 0 Å². The summed E-state index contributed by atoms with van der Waals surface area (Å²) >= 11 is 0. The van der Waals surface area contributed by atoms with Gasteiger partial charge in [0.25, 0.3) is 0 Å². The summed E-state index contributed by atoms with van der Waals surface area (Å²) in [7, 11) is 3.48. The molecule has 70 valence electrons. The number of hydrogen-bond donors (Lipinski definition) is 2. The van der Waals surface area contributed by atoms with E-state index in [1.807, 2.05) is 0 Å². The van der Waals surface area contributed by atoms with E-state index >= 15 is 0 Å². The zero-order valence-corrected chi connectivity index (χ0v) is 8.68. The Balaban J connectivity index is 2.90. The second-order valence-corrected chi connectivity index (χ2v) is 4.98. The quantitative estimate of drug-likeness (QED) is 0.354. The summed E-state index contributed by atoms with van der Waals surface area (Å²) in [6.45, 7) is 0. The fourth-order valence-corrected chi connectivity index (χ4v) is 2.66. The maximum Gasteiger partial charge on any atom is 0.309 e. The Morgan fingerprint density at radius 1 is 1.42 bits per heavy atom.